The minimum absolute atomic E-state index is 0.000297. The Morgan fingerprint density at radius 3 is 2.48 bits per heavy atom. The molecule has 1 amide bonds. The van der Waals surface area contributed by atoms with Crippen LogP contribution >= 0.6 is 0 Å². The van der Waals surface area contributed by atoms with Crippen LogP contribution in [0.3, 0.4) is 0 Å². The fraction of sp³-hybridized carbons (Fsp3) is 0.238. The van der Waals surface area contributed by atoms with Gasteiger partial charge in [-0.25, -0.2) is 4.68 Å². The van der Waals surface area contributed by atoms with Crippen LogP contribution in [0, 0.1) is 0 Å². The molecule has 128 valence electrons. The van der Waals surface area contributed by atoms with E-state index in [1.807, 2.05) is 43.5 Å². The van der Waals surface area contributed by atoms with Gasteiger partial charge in [0, 0.05) is 6.20 Å². The molecule has 0 saturated carbocycles. The van der Waals surface area contributed by atoms with E-state index in [2.05, 4.69) is 41.6 Å². The van der Waals surface area contributed by atoms with E-state index in [-0.39, 0.29) is 11.9 Å². The highest BCUT2D eigenvalue weighted by molar-refractivity contribution is 5.78. The van der Waals surface area contributed by atoms with Crippen molar-refractivity contribution in [1.29, 1.82) is 0 Å². The van der Waals surface area contributed by atoms with E-state index in [9.17, 15) is 4.79 Å². The lowest BCUT2D eigenvalue weighted by molar-refractivity contribution is -0.121. The van der Waals surface area contributed by atoms with Crippen LogP contribution in [0.1, 0.15) is 36.6 Å². The lowest BCUT2D eigenvalue weighted by Gasteiger charge is -2.14. The Balaban J connectivity index is 1.59. The molecular weight excluding hydrogens is 310 g/mol. The van der Waals surface area contributed by atoms with E-state index in [1.54, 1.807) is 10.9 Å². The zero-order valence-corrected chi connectivity index (χ0v) is 14.6. The summed E-state index contributed by atoms with van der Waals surface area (Å²) in [7, 11) is 0. The van der Waals surface area contributed by atoms with Crippen molar-refractivity contribution in [3.8, 4) is 5.69 Å². The second kappa shape index (κ2) is 7.79. The summed E-state index contributed by atoms with van der Waals surface area (Å²) in [6.45, 7) is 4.14. The number of aromatic nitrogens is 2. The molecule has 3 rings (SSSR count). The van der Waals surface area contributed by atoms with Gasteiger partial charge in [-0.3, -0.25) is 4.79 Å². The van der Waals surface area contributed by atoms with Crippen LogP contribution in [-0.4, -0.2) is 15.7 Å². The number of nitrogens with one attached hydrogen (secondary N) is 1. The van der Waals surface area contributed by atoms with E-state index >= 15 is 0 Å². The molecule has 4 nitrogen and oxygen atoms in total. The Kier molecular flexibility index (Phi) is 5.29. The first-order valence-electron chi connectivity index (χ1n) is 8.63. The molecule has 25 heavy (non-hydrogen) atoms. The van der Waals surface area contributed by atoms with Gasteiger partial charge in [0.05, 0.1) is 24.3 Å². The molecule has 0 aliphatic rings. The second-order valence-electron chi connectivity index (χ2n) is 6.19. The molecule has 2 aromatic carbocycles. The van der Waals surface area contributed by atoms with E-state index in [1.165, 1.54) is 5.56 Å². The van der Waals surface area contributed by atoms with Gasteiger partial charge < -0.3 is 5.32 Å². The van der Waals surface area contributed by atoms with Crippen molar-refractivity contribution in [1.82, 2.24) is 15.1 Å². The van der Waals surface area contributed by atoms with Crippen molar-refractivity contribution in [2.75, 3.05) is 0 Å². The van der Waals surface area contributed by atoms with Crippen LogP contribution in [0.4, 0.5) is 0 Å². The third-order valence-electron chi connectivity index (χ3n) is 4.29. The zero-order valence-electron chi connectivity index (χ0n) is 14.6. The molecule has 0 aliphatic carbocycles. The summed E-state index contributed by atoms with van der Waals surface area (Å²) in [5, 5.41) is 7.39. The smallest absolute Gasteiger partial charge is 0.225 e. The number of aryl methyl sites for hydroxylation is 1. The molecule has 0 radical (unpaired) electrons. The number of carbonyl (C=O) groups is 1. The van der Waals surface area contributed by atoms with Gasteiger partial charge in [-0.1, -0.05) is 49.4 Å². The number of amides is 1. The lowest BCUT2D eigenvalue weighted by atomic mass is 10.0. The fourth-order valence-electron chi connectivity index (χ4n) is 2.78. The predicted octanol–water partition coefficient (Wildman–Crippen LogP) is 3.85. The minimum Gasteiger partial charge on any atom is -0.349 e. The fourth-order valence-corrected chi connectivity index (χ4v) is 2.78. The number of nitrogens with zero attached hydrogens (tertiary/aromatic N) is 2. The average Bonchev–Trinajstić information content (AvgIpc) is 3.10. The van der Waals surface area contributed by atoms with E-state index in [0.29, 0.717) is 6.42 Å². The van der Waals surface area contributed by atoms with Crippen molar-refractivity contribution < 1.29 is 4.79 Å². The SMILES string of the molecule is CCc1ccc([C@@H](C)NC(=O)Cc2cnn(-c3ccccc3)c2)cc1. The molecule has 4 heteroatoms. The molecule has 1 N–H and O–H groups in total. The molecule has 0 saturated heterocycles. The summed E-state index contributed by atoms with van der Waals surface area (Å²) in [4.78, 5) is 12.3. The summed E-state index contributed by atoms with van der Waals surface area (Å²) in [6.07, 6.45) is 4.99. The Morgan fingerprint density at radius 1 is 1.08 bits per heavy atom. The molecular formula is C21H23N3O. The Bertz CT molecular complexity index is 822. The van der Waals surface area contributed by atoms with Gasteiger partial charge in [0.15, 0.2) is 0 Å². The van der Waals surface area contributed by atoms with Crippen LogP contribution < -0.4 is 5.32 Å². The molecule has 1 heterocycles. The van der Waals surface area contributed by atoms with Crippen molar-refractivity contribution in [2.24, 2.45) is 0 Å². The van der Waals surface area contributed by atoms with Gasteiger partial charge in [0.2, 0.25) is 5.91 Å². The monoisotopic (exact) mass is 333 g/mol. The predicted molar refractivity (Wildman–Crippen MR) is 99.6 cm³/mol. The molecule has 0 spiro atoms. The molecule has 0 unspecified atom stereocenters. The minimum atomic E-state index is -0.0115. The first kappa shape index (κ1) is 17.0. The summed E-state index contributed by atoms with van der Waals surface area (Å²) in [5.74, 6) is -0.000297. The van der Waals surface area contributed by atoms with Crippen LogP contribution in [0.25, 0.3) is 5.69 Å². The maximum absolute atomic E-state index is 12.3. The first-order chi connectivity index (χ1) is 12.2. The van der Waals surface area contributed by atoms with Crippen LogP contribution in [0.15, 0.2) is 67.0 Å². The third-order valence-corrected chi connectivity index (χ3v) is 4.29. The van der Waals surface area contributed by atoms with E-state index in [0.717, 1.165) is 23.2 Å². The quantitative estimate of drug-likeness (QED) is 0.745. The van der Waals surface area contributed by atoms with E-state index in [4.69, 9.17) is 0 Å². The van der Waals surface area contributed by atoms with Crippen LogP contribution in [0.2, 0.25) is 0 Å². The summed E-state index contributed by atoms with van der Waals surface area (Å²) >= 11 is 0. The highest BCUT2D eigenvalue weighted by atomic mass is 16.1. The maximum Gasteiger partial charge on any atom is 0.225 e. The number of carbonyl (C=O) groups excluding carboxylic acids is 1. The molecule has 0 bridgehead atoms. The van der Waals surface area contributed by atoms with Crippen molar-refractivity contribution in [3.63, 3.8) is 0 Å². The van der Waals surface area contributed by atoms with Crippen molar-refractivity contribution in [3.05, 3.63) is 83.7 Å². The number of hydrogen-bond acceptors (Lipinski definition) is 2. The van der Waals surface area contributed by atoms with Crippen molar-refractivity contribution >= 4 is 5.91 Å². The van der Waals surface area contributed by atoms with Crippen LogP contribution in [0.5, 0.6) is 0 Å². The zero-order chi connectivity index (χ0) is 17.6. The van der Waals surface area contributed by atoms with Crippen molar-refractivity contribution in [2.45, 2.75) is 32.7 Å². The Morgan fingerprint density at radius 2 is 1.80 bits per heavy atom. The number of para-hydroxylation sites is 1. The van der Waals surface area contributed by atoms with E-state index < -0.39 is 0 Å². The maximum atomic E-state index is 12.3. The number of hydrogen-bond donors (Lipinski definition) is 1. The second-order valence-corrected chi connectivity index (χ2v) is 6.19. The Hall–Kier alpha value is -2.88. The number of benzene rings is 2. The summed E-state index contributed by atoms with van der Waals surface area (Å²) in [6, 6.07) is 18.2. The third kappa shape index (κ3) is 4.35. The lowest BCUT2D eigenvalue weighted by Crippen LogP contribution is -2.28. The Labute approximate surface area is 148 Å². The normalized spacial score (nSPS) is 11.9. The largest absolute Gasteiger partial charge is 0.349 e. The summed E-state index contributed by atoms with van der Waals surface area (Å²) < 4.78 is 1.79. The van der Waals surface area contributed by atoms with Gasteiger partial charge in [0.1, 0.15) is 0 Å². The standard InChI is InChI=1S/C21H23N3O/c1-3-17-9-11-19(12-10-17)16(2)23-21(25)13-18-14-22-24(15-18)20-7-5-4-6-8-20/h4-12,14-16H,3,13H2,1-2H3,(H,23,25)/t16-/m1/s1. The van der Waals surface area contributed by atoms with Gasteiger partial charge >= 0.3 is 0 Å². The molecule has 1 aromatic heterocycles. The van der Waals surface area contributed by atoms with Gasteiger partial charge in [0.25, 0.3) is 0 Å². The molecule has 3 aromatic rings. The topological polar surface area (TPSA) is 46.9 Å². The van der Waals surface area contributed by atoms with Gasteiger partial charge in [-0.2, -0.15) is 5.10 Å². The highest BCUT2D eigenvalue weighted by Crippen LogP contribution is 2.14. The van der Waals surface area contributed by atoms with Gasteiger partial charge in [-0.05, 0) is 42.2 Å². The average molecular weight is 333 g/mol. The molecule has 0 fully saturated rings. The summed E-state index contributed by atoms with van der Waals surface area (Å²) in [5.41, 5.74) is 4.30. The molecule has 1 atom stereocenters. The van der Waals surface area contributed by atoms with Crippen LogP contribution in [-0.2, 0) is 17.6 Å². The number of rotatable bonds is 6. The molecule has 0 aliphatic heterocycles. The highest BCUT2D eigenvalue weighted by Gasteiger charge is 2.11. The van der Waals surface area contributed by atoms with Gasteiger partial charge in [-0.15, -0.1) is 0 Å². The first-order valence-corrected chi connectivity index (χ1v) is 8.63.